The molecule has 170 valence electrons. The second-order valence-corrected chi connectivity index (χ2v) is 7.19. The summed E-state index contributed by atoms with van der Waals surface area (Å²) in [6, 6.07) is 9.14. The predicted octanol–water partition coefficient (Wildman–Crippen LogP) is 5.25. The maximum absolute atomic E-state index is 11.5. The van der Waals surface area contributed by atoms with Gasteiger partial charge in [0.15, 0.2) is 0 Å². The van der Waals surface area contributed by atoms with E-state index in [9.17, 15) is 19.7 Å². The van der Waals surface area contributed by atoms with Crippen molar-refractivity contribution < 1.29 is 24.0 Å². The first-order valence-electron chi connectivity index (χ1n) is 9.29. The molecule has 0 aromatic heterocycles. The number of esters is 2. The van der Waals surface area contributed by atoms with Gasteiger partial charge >= 0.3 is 11.9 Å². The van der Waals surface area contributed by atoms with E-state index in [2.05, 4.69) is 19.7 Å². The van der Waals surface area contributed by atoms with Crippen LogP contribution in [0.3, 0.4) is 0 Å². The molecule has 0 N–H and O–H groups in total. The van der Waals surface area contributed by atoms with Gasteiger partial charge in [-0.05, 0) is 24.3 Å². The standard InChI is InChI=1S/C20H20Cl2N4O6/c1-31-18(27)7-9-25(10-8-19(28)32-2)14-5-3-13(4-6-14)23-24-20-16(21)11-15(26(29)30)12-17(20)22/h3-6,11-12H,7-10H2,1-2H3. The zero-order valence-electron chi connectivity index (χ0n) is 17.3. The summed E-state index contributed by atoms with van der Waals surface area (Å²) in [7, 11) is 2.62. The second kappa shape index (κ2) is 12.0. The summed E-state index contributed by atoms with van der Waals surface area (Å²) in [6.45, 7) is 0.692. The molecule has 2 aromatic rings. The van der Waals surface area contributed by atoms with Crippen LogP contribution in [0, 0.1) is 10.1 Å². The molecule has 0 heterocycles. The Morgan fingerprint density at radius 3 is 1.91 bits per heavy atom. The first-order chi connectivity index (χ1) is 15.2. The molecule has 0 aliphatic heterocycles. The fourth-order valence-electron chi connectivity index (χ4n) is 2.62. The van der Waals surface area contributed by atoms with E-state index < -0.39 is 4.92 Å². The number of nitrogens with zero attached hydrogens (tertiary/aromatic N) is 4. The van der Waals surface area contributed by atoms with Gasteiger partial charge in [0, 0.05) is 30.9 Å². The second-order valence-electron chi connectivity index (χ2n) is 6.37. The molecule has 0 saturated heterocycles. The Bertz CT molecular complexity index is 971. The van der Waals surface area contributed by atoms with E-state index in [0.717, 1.165) is 17.8 Å². The van der Waals surface area contributed by atoms with Gasteiger partial charge in [-0.15, -0.1) is 5.11 Å². The molecule has 10 nitrogen and oxygen atoms in total. The average molecular weight is 483 g/mol. The summed E-state index contributed by atoms with van der Waals surface area (Å²) < 4.78 is 9.35. The van der Waals surface area contributed by atoms with Crippen LogP contribution in [0.25, 0.3) is 0 Å². The van der Waals surface area contributed by atoms with Crippen molar-refractivity contribution in [2.75, 3.05) is 32.2 Å². The summed E-state index contributed by atoms with van der Waals surface area (Å²) in [6.07, 6.45) is 0.298. The first-order valence-corrected chi connectivity index (χ1v) is 10.0. The number of benzene rings is 2. The average Bonchev–Trinajstić information content (AvgIpc) is 2.78. The molecular formula is C20H20Cl2N4O6. The van der Waals surface area contributed by atoms with Crippen molar-refractivity contribution in [3.8, 4) is 0 Å². The third-order valence-electron chi connectivity index (χ3n) is 4.32. The molecule has 0 fully saturated rings. The Kier molecular flexibility index (Phi) is 9.36. The molecule has 0 saturated carbocycles. The van der Waals surface area contributed by atoms with Crippen molar-refractivity contribution in [1.29, 1.82) is 0 Å². The number of nitro groups is 1. The molecule has 0 unspecified atom stereocenters. The number of carbonyl (C=O) groups excluding carboxylic acids is 2. The summed E-state index contributed by atoms with van der Waals surface area (Å²) in [4.78, 5) is 35.1. The normalized spacial score (nSPS) is 10.8. The number of halogens is 2. The lowest BCUT2D eigenvalue weighted by Gasteiger charge is -2.24. The number of azo groups is 1. The van der Waals surface area contributed by atoms with E-state index >= 15 is 0 Å². The van der Waals surface area contributed by atoms with Gasteiger partial charge in [-0.25, -0.2) is 0 Å². The Morgan fingerprint density at radius 2 is 1.47 bits per heavy atom. The molecule has 0 radical (unpaired) electrons. The van der Waals surface area contributed by atoms with Gasteiger partial charge < -0.3 is 14.4 Å². The van der Waals surface area contributed by atoms with Crippen LogP contribution in [0.15, 0.2) is 46.6 Å². The Morgan fingerprint density at radius 1 is 0.969 bits per heavy atom. The van der Waals surface area contributed by atoms with Crippen molar-refractivity contribution in [1.82, 2.24) is 0 Å². The number of nitro benzene ring substituents is 1. The number of methoxy groups -OCH3 is 2. The molecule has 12 heteroatoms. The van der Waals surface area contributed by atoms with Gasteiger partial charge in [0.05, 0.1) is 47.7 Å². The highest BCUT2D eigenvalue weighted by Crippen LogP contribution is 2.37. The number of hydrogen-bond donors (Lipinski definition) is 0. The molecular weight excluding hydrogens is 463 g/mol. The van der Waals surface area contributed by atoms with Gasteiger partial charge in [-0.3, -0.25) is 19.7 Å². The van der Waals surface area contributed by atoms with E-state index in [0.29, 0.717) is 18.8 Å². The van der Waals surface area contributed by atoms with E-state index in [1.54, 1.807) is 24.3 Å². The number of rotatable bonds is 10. The van der Waals surface area contributed by atoms with Crippen LogP contribution >= 0.6 is 23.2 Å². The number of hydrogen-bond acceptors (Lipinski definition) is 9. The predicted molar refractivity (Wildman–Crippen MR) is 119 cm³/mol. The van der Waals surface area contributed by atoms with E-state index in [1.807, 2.05) is 4.90 Å². The summed E-state index contributed by atoms with van der Waals surface area (Å²) in [5.41, 5.74) is 1.09. The van der Waals surface area contributed by atoms with Crippen LogP contribution in [0.1, 0.15) is 12.8 Å². The highest BCUT2D eigenvalue weighted by molar-refractivity contribution is 6.39. The molecule has 0 bridgehead atoms. The quantitative estimate of drug-likeness (QED) is 0.196. The molecule has 0 spiro atoms. The van der Waals surface area contributed by atoms with Crippen molar-refractivity contribution >= 4 is 57.9 Å². The van der Waals surface area contributed by atoms with Crippen LogP contribution in [0.2, 0.25) is 10.0 Å². The fourth-order valence-corrected chi connectivity index (χ4v) is 3.17. The summed E-state index contributed by atoms with van der Waals surface area (Å²) >= 11 is 12.1. The minimum atomic E-state index is -0.608. The highest BCUT2D eigenvalue weighted by atomic mass is 35.5. The fraction of sp³-hybridized carbons (Fsp3) is 0.300. The lowest BCUT2D eigenvalue weighted by atomic mass is 10.2. The minimum Gasteiger partial charge on any atom is -0.469 e. The van der Waals surface area contributed by atoms with Gasteiger partial charge in [-0.2, -0.15) is 5.11 Å². The molecule has 0 atom stereocenters. The largest absolute Gasteiger partial charge is 0.469 e. The van der Waals surface area contributed by atoms with Crippen molar-refractivity contribution in [2.45, 2.75) is 12.8 Å². The molecule has 0 aliphatic rings. The topological polar surface area (TPSA) is 124 Å². The zero-order chi connectivity index (χ0) is 23.7. The van der Waals surface area contributed by atoms with E-state index in [-0.39, 0.29) is 46.2 Å². The molecule has 0 amide bonds. The molecule has 32 heavy (non-hydrogen) atoms. The molecule has 0 aliphatic carbocycles. The third kappa shape index (κ3) is 7.17. The monoisotopic (exact) mass is 482 g/mol. The van der Waals surface area contributed by atoms with E-state index in [4.69, 9.17) is 23.2 Å². The van der Waals surface area contributed by atoms with Crippen LogP contribution < -0.4 is 4.90 Å². The lowest BCUT2D eigenvalue weighted by Crippen LogP contribution is -2.29. The van der Waals surface area contributed by atoms with Gasteiger partial charge in [0.25, 0.3) is 5.69 Å². The SMILES string of the molecule is COC(=O)CCN(CCC(=O)OC)c1ccc(N=Nc2c(Cl)cc([N+](=O)[O-])cc2Cl)cc1. The van der Waals surface area contributed by atoms with Crippen LogP contribution in [0.5, 0.6) is 0 Å². The maximum Gasteiger partial charge on any atom is 0.307 e. The summed E-state index contributed by atoms with van der Waals surface area (Å²) in [5.74, 6) is -0.731. The number of anilines is 1. The zero-order valence-corrected chi connectivity index (χ0v) is 18.8. The lowest BCUT2D eigenvalue weighted by molar-refractivity contribution is -0.384. The Labute approximate surface area is 193 Å². The maximum atomic E-state index is 11.5. The Balaban J connectivity index is 2.17. The first kappa shape index (κ1) is 25.0. The van der Waals surface area contributed by atoms with Gasteiger partial charge in [-0.1, -0.05) is 23.2 Å². The molecule has 2 aromatic carbocycles. The van der Waals surface area contributed by atoms with Crippen molar-refractivity contribution in [3.05, 3.63) is 56.6 Å². The Hall–Kier alpha value is -3.24. The van der Waals surface area contributed by atoms with Crippen molar-refractivity contribution in [2.24, 2.45) is 10.2 Å². The van der Waals surface area contributed by atoms with Crippen LogP contribution in [-0.2, 0) is 19.1 Å². The van der Waals surface area contributed by atoms with Crippen LogP contribution in [0.4, 0.5) is 22.7 Å². The minimum absolute atomic E-state index is 0.00126. The highest BCUT2D eigenvalue weighted by Gasteiger charge is 2.15. The van der Waals surface area contributed by atoms with Gasteiger partial charge in [0.1, 0.15) is 5.69 Å². The molecule has 2 rings (SSSR count). The number of ether oxygens (including phenoxy) is 2. The number of carbonyl (C=O) groups is 2. The summed E-state index contributed by atoms with van der Waals surface area (Å²) in [5, 5.41) is 18.9. The van der Waals surface area contributed by atoms with Gasteiger partial charge in [0.2, 0.25) is 0 Å². The van der Waals surface area contributed by atoms with Crippen molar-refractivity contribution in [3.63, 3.8) is 0 Å². The third-order valence-corrected chi connectivity index (χ3v) is 4.90. The van der Waals surface area contributed by atoms with Crippen LogP contribution in [-0.4, -0.2) is 44.2 Å². The van der Waals surface area contributed by atoms with E-state index in [1.165, 1.54) is 14.2 Å². The number of non-ortho nitro benzene ring substituents is 1. The smallest absolute Gasteiger partial charge is 0.307 e.